The lowest BCUT2D eigenvalue weighted by atomic mass is 10.1. The van der Waals surface area contributed by atoms with E-state index in [1.807, 2.05) is 29.6 Å². The van der Waals surface area contributed by atoms with Gasteiger partial charge in [-0.15, -0.1) is 11.3 Å². The van der Waals surface area contributed by atoms with Crippen molar-refractivity contribution in [1.82, 2.24) is 9.55 Å². The van der Waals surface area contributed by atoms with Crippen molar-refractivity contribution >= 4 is 27.5 Å². The van der Waals surface area contributed by atoms with E-state index in [-0.39, 0.29) is 18.1 Å². The number of nitrogens with zero attached hydrogens (tertiary/aromatic N) is 2. The van der Waals surface area contributed by atoms with Crippen molar-refractivity contribution in [2.24, 2.45) is 0 Å². The number of hydrogen-bond donors (Lipinski definition) is 0. The first-order valence-corrected chi connectivity index (χ1v) is 10.9. The minimum atomic E-state index is -0.385. The van der Waals surface area contributed by atoms with Crippen molar-refractivity contribution < 1.29 is 19.0 Å². The maximum Gasteiger partial charge on any atom is 0.338 e. The van der Waals surface area contributed by atoms with E-state index in [2.05, 4.69) is 4.98 Å². The van der Waals surface area contributed by atoms with Crippen molar-refractivity contribution in [2.45, 2.75) is 13.5 Å². The highest BCUT2D eigenvalue weighted by Crippen LogP contribution is 2.36. The fourth-order valence-electron chi connectivity index (χ4n) is 3.50. The first kappa shape index (κ1) is 21.6. The van der Waals surface area contributed by atoms with Crippen molar-refractivity contribution in [3.63, 3.8) is 0 Å². The number of carbonyl (C=O) groups is 1. The zero-order valence-corrected chi connectivity index (χ0v) is 18.8. The minimum Gasteiger partial charge on any atom is -0.493 e. The second-order valence-electron chi connectivity index (χ2n) is 7.00. The third-order valence-corrected chi connectivity index (χ3v) is 5.93. The highest BCUT2D eigenvalue weighted by atomic mass is 32.1. The number of fused-ring (bicyclic) bond motifs is 1. The average molecular weight is 451 g/mol. The van der Waals surface area contributed by atoms with Crippen LogP contribution in [0.2, 0.25) is 0 Å². The fraction of sp³-hybridized carbons (Fsp3) is 0.208. The number of ether oxygens (including phenoxy) is 3. The summed E-state index contributed by atoms with van der Waals surface area (Å²) in [6.07, 6.45) is 1.54. The molecule has 0 aliphatic heterocycles. The van der Waals surface area contributed by atoms with E-state index < -0.39 is 0 Å². The van der Waals surface area contributed by atoms with Crippen molar-refractivity contribution in [3.05, 3.63) is 75.7 Å². The van der Waals surface area contributed by atoms with Gasteiger partial charge in [0.2, 0.25) is 0 Å². The Hall–Kier alpha value is -3.65. The molecule has 4 aromatic rings. The minimum absolute atomic E-state index is 0.150. The van der Waals surface area contributed by atoms with Crippen LogP contribution in [0.1, 0.15) is 22.8 Å². The Kier molecular flexibility index (Phi) is 6.23. The van der Waals surface area contributed by atoms with Gasteiger partial charge in [-0.1, -0.05) is 18.2 Å². The smallest absolute Gasteiger partial charge is 0.338 e. The summed E-state index contributed by atoms with van der Waals surface area (Å²) in [5, 5.41) is 2.47. The largest absolute Gasteiger partial charge is 0.493 e. The van der Waals surface area contributed by atoms with Crippen LogP contribution in [0, 0.1) is 0 Å². The number of hydrogen-bond acceptors (Lipinski definition) is 7. The molecule has 2 aromatic carbocycles. The van der Waals surface area contributed by atoms with Gasteiger partial charge in [-0.05, 0) is 42.3 Å². The number of methoxy groups -OCH3 is 2. The predicted molar refractivity (Wildman–Crippen MR) is 124 cm³/mol. The van der Waals surface area contributed by atoms with E-state index in [4.69, 9.17) is 14.2 Å². The number of rotatable bonds is 7. The second kappa shape index (κ2) is 9.23. The molecule has 0 saturated carbocycles. The van der Waals surface area contributed by atoms with Gasteiger partial charge < -0.3 is 14.2 Å². The Balaban J connectivity index is 1.74. The first-order chi connectivity index (χ1) is 15.5. The molecule has 0 amide bonds. The molecule has 0 aliphatic carbocycles. The van der Waals surface area contributed by atoms with Crippen LogP contribution in [-0.4, -0.2) is 36.3 Å². The van der Waals surface area contributed by atoms with E-state index in [9.17, 15) is 9.59 Å². The summed E-state index contributed by atoms with van der Waals surface area (Å²) in [5.41, 5.74) is 2.74. The molecule has 164 valence electrons. The summed E-state index contributed by atoms with van der Waals surface area (Å²) in [6.45, 7) is 2.36. The second-order valence-corrected chi connectivity index (χ2v) is 7.86. The molecule has 0 saturated heterocycles. The normalized spacial score (nSPS) is 10.8. The van der Waals surface area contributed by atoms with Crippen LogP contribution in [-0.2, 0) is 11.3 Å². The Morgan fingerprint density at radius 3 is 2.66 bits per heavy atom. The molecule has 0 spiro atoms. The molecule has 32 heavy (non-hydrogen) atoms. The maximum absolute atomic E-state index is 13.4. The number of benzene rings is 2. The van der Waals surface area contributed by atoms with Crippen LogP contribution in [0.4, 0.5) is 0 Å². The van der Waals surface area contributed by atoms with Gasteiger partial charge in [-0.3, -0.25) is 9.36 Å². The number of thiophene rings is 1. The molecule has 0 bridgehead atoms. The van der Waals surface area contributed by atoms with Crippen LogP contribution in [0.15, 0.2) is 59.0 Å². The van der Waals surface area contributed by atoms with Crippen LogP contribution < -0.4 is 15.0 Å². The third kappa shape index (κ3) is 4.09. The Morgan fingerprint density at radius 2 is 1.91 bits per heavy atom. The summed E-state index contributed by atoms with van der Waals surface area (Å²) in [6, 6.07) is 12.6. The van der Waals surface area contributed by atoms with Crippen LogP contribution in [0.5, 0.6) is 11.5 Å². The highest BCUT2D eigenvalue weighted by molar-refractivity contribution is 7.17. The zero-order valence-electron chi connectivity index (χ0n) is 18.0. The molecule has 0 radical (unpaired) electrons. The number of esters is 1. The van der Waals surface area contributed by atoms with Crippen molar-refractivity contribution in [2.75, 3.05) is 20.8 Å². The lowest BCUT2D eigenvalue weighted by Crippen LogP contribution is -2.21. The molecule has 2 heterocycles. The first-order valence-electron chi connectivity index (χ1n) is 10.0. The molecular formula is C24H22N2O5S. The van der Waals surface area contributed by atoms with E-state index in [1.165, 1.54) is 17.7 Å². The van der Waals surface area contributed by atoms with Crippen LogP contribution in [0.25, 0.3) is 21.3 Å². The maximum atomic E-state index is 13.4. The van der Waals surface area contributed by atoms with Gasteiger partial charge in [0.05, 0.1) is 44.6 Å². The number of aromatic nitrogens is 2. The molecule has 0 atom stereocenters. The van der Waals surface area contributed by atoms with Crippen molar-refractivity contribution in [3.8, 4) is 22.6 Å². The topological polar surface area (TPSA) is 79.7 Å². The number of carbonyl (C=O) groups excluding carboxylic acids is 1. The van der Waals surface area contributed by atoms with Gasteiger partial charge in [0.15, 0.2) is 11.5 Å². The van der Waals surface area contributed by atoms with Gasteiger partial charge in [-0.25, -0.2) is 9.78 Å². The summed E-state index contributed by atoms with van der Waals surface area (Å²) < 4.78 is 17.3. The van der Waals surface area contributed by atoms with Gasteiger partial charge >= 0.3 is 5.97 Å². The molecule has 0 aliphatic rings. The zero-order chi connectivity index (χ0) is 22.7. The Labute approximate surface area is 188 Å². The fourth-order valence-corrected chi connectivity index (χ4v) is 4.41. The molecule has 0 N–H and O–H groups in total. The van der Waals surface area contributed by atoms with E-state index in [0.717, 1.165) is 16.7 Å². The lowest BCUT2D eigenvalue weighted by molar-refractivity contribution is 0.0526. The molecule has 8 heteroatoms. The summed E-state index contributed by atoms with van der Waals surface area (Å²) >= 11 is 1.42. The standard InChI is InChI=1S/C24H22N2O5S/c1-4-31-24(28)17-7-5-6-15(10-17)12-26-14-25-22-21(23(26)27)18(13-32-22)16-8-9-19(29-2)20(11-16)30-3/h5-11,13-14H,4,12H2,1-3H3. The molecule has 2 aromatic heterocycles. The van der Waals surface area contributed by atoms with E-state index in [0.29, 0.717) is 33.9 Å². The molecular weight excluding hydrogens is 428 g/mol. The monoisotopic (exact) mass is 450 g/mol. The lowest BCUT2D eigenvalue weighted by Gasteiger charge is -2.10. The summed E-state index contributed by atoms with van der Waals surface area (Å²) in [5.74, 6) is 0.820. The third-order valence-electron chi connectivity index (χ3n) is 5.05. The molecule has 4 rings (SSSR count). The molecule has 0 fully saturated rings. The van der Waals surface area contributed by atoms with Crippen LogP contribution >= 0.6 is 11.3 Å². The van der Waals surface area contributed by atoms with E-state index in [1.54, 1.807) is 43.9 Å². The Bertz CT molecular complexity index is 1340. The summed E-state index contributed by atoms with van der Waals surface area (Å²) in [4.78, 5) is 30.5. The van der Waals surface area contributed by atoms with Crippen molar-refractivity contribution in [1.29, 1.82) is 0 Å². The SMILES string of the molecule is CCOC(=O)c1cccc(Cn2cnc3scc(-c4ccc(OC)c(OC)c4)c3c2=O)c1. The van der Waals surface area contributed by atoms with Gasteiger partial charge in [0.25, 0.3) is 5.56 Å². The van der Waals surface area contributed by atoms with Gasteiger partial charge in [0, 0.05) is 10.9 Å². The molecule has 0 unspecified atom stereocenters. The average Bonchev–Trinajstić information content (AvgIpc) is 3.26. The van der Waals surface area contributed by atoms with Gasteiger partial charge in [0.1, 0.15) is 4.83 Å². The van der Waals surface area contributed by atoms with E-state index >= 15 is 0 Å². The summed E-state index contributed by atoms with van der Waals surface area (Å²) in [7, 11) is 3.16. The molecule has 7 nitrogen and oxygen atoms in total. The quantitative estimate of drug-likeness (QED) is 0.389. The predicted octanol–water partition coefficient (Wildman–Crippen LogP) is 4.37. The highest BCUT2D eigenvalue weighted by Gasteiger charge is 2.16. The van der Waals surface area contributed by atoms with Crippen LogP contribution in [0.3, 0.4) is 0 Å². The Morgan fingerprint density at radius 1 is 1.09 bits per heavy atom. The van der Waals surface area contributed by atoms with Gasteiger partial charge in [-0.2, -0.15) is 0 Å².